The van der Waals surface area contributed by atoms with E-state index in [0.717, 1.165) is 6.54 Å². The third kappa shape index (κ3) is 7.09. The zero-order valence-electron chi connectivity index (χ0n) is 12.1. The fourth-order valence-electron chi connectivity index (χ4n) is 2.51. The van der Waals surface area contributed by atoms with E-state index in [1.54, 1.807) is 0 Å². The van der Waals surface area contributed by atoms with E-state index in [1.807, 2.05) is 13.8 Å². The zero-order chi connectivity index (χ0) is 15.2. The number of nitrogens with zero attached hydrogens (tertiary/aromatic N) is 1. The van der Waals surface area contributed by atoms with Crippen LogP contribution in [0.4, 0.5) is 13.2 Å². The van der Waals surface area contributed by atoms with E-state index >= 15 is 0 Å². The quantitative estimate of drug-likeness (QED) is 0.746. The maximum atomic E-state index is 12.2. The number of nitrogens with one attached hydrogen (secondary N) is 2. The van der Waals surface area contributed by atoms with E-state index in [0.29, 0.717) is 32.5 Å². The molecule has 2 atom stereocenters. The van der Waals surface area contributed by atoms with Crippen LogP contribution in [0, 0.1) is 5.92 Å². The summed E-state index contributed by atoms with van der Waals surface area (Å²) in [4.78, 5) is 13.1. The number of carbonyl (C=O) groups excluding carboxylic acids is 1. The highest BCUT2D eigenvalue weighted by atomic mass is 19.4. The first-order chi connectivity index (χ1) is 9.30. The lowest BCUT2D eigenvalue weighted by Crippen LogP contribution is -2.37. The standard InChI is InChI=1S/C13H24F3N3O/c1-3-17-10(2)6-12(20)18-7-11-4-5-19(8-11)9-13(14,15)16/h10-11,17H,3-9H2,1-2H3,(H,18,20). The molecule has 1 aliphatic heterocycles. The van der Waals surface area contributed by atoms with Gasteiger partial charge in [-0.25, -0.2) is 0 Å². The van der Waals surface area contributed by atoms with Gasteiger partial charge in [0.25, 0.3) is 0 Å². The van der Waals surface area contributed by atoms with E-state index in [4.69, 9.17) is 0 Å². The zero-order valence-corrected chi connectivity index (χ0v) is 12.1. The van der Waals surface area contributed by atoms with Gasteiger partial charge < -0.3 is 10.6 Å². The summed E-state index contributed by atoms with van der Waals surface area (Å²) in [6.45, 7) is 5.19. The number of amides is 1. The number of halogens is 3. The SMILES string of the molecule is CCNC(C)CC(=O)NCC1CCN(CC(F)(F)F)C1. The molecule has 2 N–H and O–H groups in total. The van der Waals surface area contributed by atoms with Gasteiger partial charge in [0.2, 0.25) is 5.91 Å². The highest BCUT2D eigenvalue weighted by molar-refractivity contribution is 5.76. The van der Waals surface area contributed by atoms with Crippen molar-refractivity contribution in [3.05, 3.63) is 0 Å². The van der Waals surface area contributed by atoms with Crippen LogP contribution in [0.25, 0.3) is 0 Å². The Morgan fingerprint density at radius 1 is 1.45 bits per heavy atom. The van der Waals surface area contributed by atoms with Crippen LogP contribution in [-0.4, -0.2) is 55.7 Å². The summed E-state index contributed by atoms with van der Waals surface area (Å²) in [5.41, 5.74) is 0. The van der Waals surface area contributed by atoms with Crippen molar-refractivity contribution in [3.8, 4) is 0 Å². The lowest BCUT2D eigenvalue weighted by Gasteiger charge is -2.18. The average molecular weight is 295 g/mol. The molecule has 7 heteroatoms. The van der Waals surface area contributed by atoms with Gasteiger partial charge in [-0.1, -0.05) is 6.92 Å². The van der Waals surface area contributed by atoms with Gasteiger partial charge >= 0.3 is 6.18 Å². The Labute approximate surface area is 118 Å². The summed E-state index contributed by atoms with van der Waals surface area (Å²) in [5, 5.41) is 5.95. The molecule has 1 heterocycles. The van der Waals surface area contributed by atoms with Crippen molar-refractivity contribution in [2.75, 3.05) is 32.7 Å². The maximum Gasteiger partial charge on any atom is 0.401 e. The molecule has 4 nitrogen and oxygen atoms in total. The highest BCUT2D eigenvalue weighted by Gasteiger charge is 2.34. The molecule has 0 aromatic carbocycles. The molecular formula is C13H24F3N3O. The molecule has 2 unspecified atom stereocenters. The molecule has 0 spiro atoms. The second-order valence-corrected chi connectivity index (χ2v) is 5.47. The van der Waals surface area contributed by atoms with Crippen molar-refractivity contribution in [1.29, 1.82) is 0 Å². The summed E-state index contributed by atoms with van der Waals surface area (Å²) in [6.07, 6.45) is -3.04. The van der Waals surface area contributed by atoms with Crippen LogP contribution in [-0.2, 0) is 4.79 Å². The summed E-state index contributed by atoms with van der Waals surface area (Å²) in [7, 11) is 0. The number of hydrogen-bond donors (Lipinski definition) is 2. The molecule has 0 radical (unpaired) electrons. The molecule has 0 bridgehead atoms. The fraction of sp³-hybridized carbons (Fsp3) is 0.923. The van der Waals surface area contributed by atoms with Gasteiger partial charge in [-0.3, -0.25) is 9.69 Å². The van der Waals surface area contributed by atoms with Gasteiger partial charge in [0.05, 0.1) is 6.54 Å². The number of alkyl halides is 3. The lowest BCUT2D eigenvalue weighted by atomic mass is 10.1. The van der Waals surface area contributed by atoms with Gasteiger partial charge in [-0.15, -0.1) is 0 Å². The second kappa shape index (κ2) is 7.83. The van der Waals surface area contributed by atoms with Crippen molar-refractivity contribution in [2.45, 2.75) is 38.9 Å². The van der Waals surface area contributed by atoms with E-state index in [-0.39, 0.29) is 17.9 Å². The molecule has 1 fully saturated rings. The minimum Gasteiger partial charge on any atom is -0.356 e. The average Bonchev–Trinajstić information content (AvgIpc) is 2.72. The third-order valence-corrected chi connectivity index (χ3v) is 3.40. The van der Waals surface area contributed by atoms with Crippen molar-refractivity contribution >= 4 is 5.91 Å². The Hall–Kier alpha value is -0.820. The Balaban J connectivity index is 2.19. The van der Waals surface area contributed by atoms with E-state index in [9.17, 15) is 18.0 Å². The molecular weight excluding hydrogens is 271 g/mol. The summed E-state index contributed by atoms with van der Waals surface area (Å²) < 4.78 is 36.7. The van der Waals surface area contributed by atoms with Crippen LogP contribution >= 0.6 is 0 Å². The summed E-state index contributed by atoms with van der Waals surface area (Å²) >= 11 is 0. The Bertz CT molecular complexity index is 310. The monoisotopic (exact) mass is 295 g/mol. The minimum atomic E-state index is -4.14. The van der Waals surface area contributed by atoms with Crippen LogP contribution in [0.2, 0.25) is 0 Å². The molecule has 118 valence electrons. The van der Waals surface area contributed by atoms with Crippen LogP contribution in [0.3, 0.4) is 0 Å². The van der Waals surface area contributed by atoms with E-state index in [1.165, 1.54) is 4.90 Å². The number of rotatable bonds is 7. The van der Waals surface area contributed by atoms with Gasteiger partial charge in [0, 0.05) is 25.6 Å². The smallest absolute Gasteiger partial charge is 0.356 e. The molecule has 0 saturated carbocycles. The maximum absolute atomic E-state index is 12.2. The third-order valence-electron chi connectivity index (χ3n) is 3.40. The minimum absolute atomic E-state index is 0.0484. The van der Waals surface area contributed by atoms with Gasteiger partial charge in [-0.2, -0.15) is 13.2 Å². The lowest BCUT2D eigenvalue weighted by molar-refractivity contribution is -0.143. The number of hydrogen-bond acceptors (Lipinski definition) is 3. The first kappa shape index (κ1) is 17.2. The molecule has 0 aromatic rings. The number of carbonyl (C=O) groups is 1. The van der Waals surface area contributed by atoms with Gasteiger partial charge in [0.1, 0.15) is 0 Å². The first-order valence-electron chi connectivity index (χ1n) is 7.09. The first-order valence-corrected chi connectivity index (χ1v) is 7.09. The van der Waals surface area contributed by atoms with E-state index in [2.05, 4.69) is 10.6 Å². The Morgan fingerprint density at radius 3 is 2.75 bits per heavy atom. The fourth-order valence-corrected chi connectivity index (χ4v) is 2.51. The second-order valence-electron chi connectivity index (χ2n) is 5.47. The van der Waals surface area contributed by atoms with Gasteiger partial charge in [0.15, 0.2) is 0 Å². The van der Waals surface area contributed by atoms with Crippen molar-refractivity contribution in [2.24, 2.45) is 5.92 Å². The molecule has 0 aliphatic carbocycles. The largest absolute Gasteiger partial charge is 0.401 e. The molecule has 0 aromatic heterocycles. The molecule has 1 amide bonds. The van der Waals surface area contributed by atoms with Crippen LogP contribution in [0.5, 0.6) is 0 Å². The predicted octanol–water partition coefficient (Wildman–Crippen LogP) is 1.37. The van der Waals surface area contributed by atoms with Crippen molar-refractivity contribution in [1.82, 2.24) is 15.5 Å². The van der Waals surface area contributed by atoms with Crippen LogP contribution in [0.1, 0.15) is 26.7 Å². The number of likely N-dealkylation sites (tertiary alicyclic amines) is 1. The summed E-state index contributed by atoms with van der Waals surface area (Å²) in [5.74, 6) is 0.0726. The Kier molecular flexibility index (Phi) is 6.75. The topological polar surface area (TPSA) is 44.4 Å². The molecule has 1 aliphatic rings. The van der Waals surface area contributed by atoms with Gasteiger partial charge in [-0.05, 0) is 32.4 Å². The highest BCUT2D eigenvalue weighted by Crippen LogP contribution is 2.22. The van der Waals surface area contributed by atoms with Crippen molar-refractivity contribution < 1.29 is 18.0 Å². The Morgan fingerprint density at radius 2 is 2.15 bits per heavy atom. The van der Waals surface area contributed by atoms with Crippen LogP contribution in [0.15, 0.2) is 0 Å². The van der Waals surface area contributed by atoms with Crippen molar-refractivity contribution in [3.63, 3.8) is 0 Å². The summed E-state index contributed by atoms with van der Waals surface area (Å²) in [6, 6.07) is 0.116. The van der Waals surface area contributed by atoms with Crippen LogP contribution < -0.4 is 10.6 Å². The van der Waals surface area contributed by atoms with E-state index < -0.39 is 12.7 Å². The predicted molar refractivity (Wildman–Crippen MR) is 71.4 cm³/mol. The normalized spacial score (nSPS) is 21.9. The molecule has 20 heavy (non-hydrogen) atoms. The molecule has 1 rings (SSSR count). The molecule has 1 saturated heterocycles.